The summed E-state index contributed by atoms with van der Waals surface area (Å²) in [6, 6.07) is 2.02. The molecule has 0 aliphatic carbocycles. The first-order chi connectivity index (χ1) is 6.83. The molecule has 0 saturated carbocycles. The molecule has 0 unspecified atom stereocenters. The molecule has 4 heteroatoms. The van der Waals surface area contributed by atoms with Gasteiger partial charge in [0.25, 0.3) is 0 Å². The van der Waals surface area contributed by atoms with Gasteiger partial charge >= 0.3 is 5.97 Å². The molecular weight excluding hydrogens is 180 g/mol. The van der Waals surface area contributed by atoms with Gasteiger partial charge in [0.15, 0.2) is 0 Å². The van der Waals surface area contributed by atoms with Crippen molar-refractivity contribution in [3.63, 3.8) is 0 Å². The zero-order chi connectivity index (χ0) is 10.2. The van der Waals surface area contributed by atoms with Gasteiger partial charge in [0.1, 0.15) is 0 Å². The molecular formula is C10H16N2O2. The summed E-state index contributed by atoms with van der Waals surface area (Å²) in [4.78, 5) is 13.7. The minimum atomic E-state index is -0.145. The maximum atomic E-state index is 10.7. The maximum absolute atomic E-state index is 10.7. The molecule has 0 aromatic carbocycles. The van der Waals surface area contributed by atoms with Gasteiger partial charge < -0.3 is 15.0 Å². The van der Waals surface area contributed by atoms with E-state index in [1.165, 1.54) is 12.7 Å². The van der Waals surface area contributed by atoms with Crippen molar-refractivity contribution in [2.24, 2.45) is 0 Å². The lowest BCUT2D eigenvalue weighted by atomic mass is 10.3. The van der Waals surface area contributed by atoms with E-state index in [1.54, 1.807) is 0 Å². The molecule has 0 aliphatic rings. The average molecular weight is 196 g/mol. The number of rotatable bonds is 6. The second kappa shape index (κ2) is 6.21. The van der Waals surface area contributed by atoms with E-state index >= 15 is 0 Å². The lowest BCUT2D eigenvalue weighted by molar-refractivity contribution is -0.140. The van der Waals surface area contributed by atoms with Crippen LogP contribution >= 0.6 is 0 Å². The van der Waals surface area contributed by atoms with Gasteiger partial charge in [0.05, 0.1) is 7.11 Å². The normalized spacial score (nSPS) is 10.1. The number of methoxy groups -OCH3 is 1. The van der Waals surface area contributed by atoms with Crippen molar-refractivity contribution in [2.45, 2.75) is 19.4 Å². The zero-order valence-electron chi connectivity index (χ0n) is 8.38. The van der Waals surface area contributed by atoms with Crippen molar-refractivity contribution in [1.82, 2.24) is 10.3 Å². The molecule has 0 saturated heterocycles. The van der Waals surface area contributed by atoms with Gasteiger partial charge in [-0.3, -0.25) is 4.79 Å². The number of carbonyl (C=O) groups is 1. The summed E-state index contributed by atoms with van der Waals surface area (Å²) in [5, 5.41) is 3.24. The Labute approximate surface area is 83.7 Å². The van der Waals surface area contributed by atoms with Gasteiger partial charge in [0, 0.05) is 25.4 Å². The van der Waals surface area contributed by atoms with Crippen molar-refractivity contribution < 1.29 is 9.53 Å². The standard InChI is InChI=1S/C10H16N2O2/c1-14-10(13)3-2-5-11-7-9-4-6-12-8-9/h4,6,8,11-12H,2-3,5,7H2,1H3. The molecule has 1 aromatic heterocycles. The molecule has 78 valence electrons. The highest BCUT2D eigenvalue weighted by molar-refractivity contribution is 5.69. The summed E-state index contributed by atoms with van der Waals surface area (Å²) in [6.07, 6.45) is 5.15. The Hall–Kier alpha value is -1.29. The number of aromatic nitrogens is 1. The van der Waals surface area contributed by atoms with Gasteiger partial charge in [-0.25, -0.2) is 0 Å². The molecule has 0 fully saturated rings. The largest absolute Gasteiger partial charge is 0.469 e. The molecule has 0 bridgehead atoms. The Morgan fingerprint density at radius 3 is 3.14 bits per heavy atom. The van der Waals surface area contributed by atoms with E-state index in [-0.39, 0.29) is 5.97 Å². The van der Waals surface area contributed by atoms with Gasteiger partial charge in [0.2, 0.25) is 0 Å². The number of hydrogen-bond donors (Lipinski definition) is 2. The second-order valence-electron chi connectivity index (χ2n) is 3.08. The molecule has 2 N–H and O–H groups in total. The summed E-state index contributed by atoms with van der Waals surface area (Å²) in [6.45, 7) is 1.67. The fraction of sp³-hybridized carbons (Fsp3) is 0.500. The molecule has 1 heterocycles. The van der Waals surface area contributed by atoms with Crippen LogP contribution in [0.15, 0.2) is 18.5 Å². The van der Waals surface area contributed by atoms with Crippen molar-refractivity contribution in [3.05, 3.63) is 24.0 Å². The third-order valence-corrected chi connectivity index (χ3v) is 1.95. The Morgan fingerprint density at radius 1 is 1.64 bits per heavy atom. The number of ether oxygens (including phenoxy) is 1. The molecule has 14 heavy (non-hydrogen) atoms. The SMILES string of the molecule is COC(=O)CCCNCc1cc[nH]c1. The fourth-order valence-corrected chi connectivity index (χ4v) is 1.16. The topological polar surface area (TPSA) is 54.1 Å². The number of hydrogen-bond acceptors (Lipinski definition) is 3. The Balaban J connectivity index is 1.97. The number of aromatic amines is 1. The smallest absolute Gasteiger partial charge is 0.305 e. The van der Waals surface area contributed by atoms with Crippen molar-refractivity contribution in [3.8, 4) is 0 Å². The minimum absolute atomic E-state index is 0.145. The number of H-pyrrole nitrogens is 1. The van der Waals surface area contributed by atoms with Crippen LogP contribution < -0.4 is 5.32 Å². The molecule has 0 radical (unpaired) electrons. The fourth-order valence-electron chi connectivity index (χ4n) is 1.16. The second-order valence-corrected chi connectivity index (χ2v) is 3.08. The van der Waals surface area contributed by atoms with E-state index in [1.807, 2.05) is 18.5 Å². The van der Waals surface area contributed by atoms with Gasteiger partial charge in [-0.05, 0) is 24.6 Å². The van der Waals surface area contributed by atoms with Crippen LogP contribution in [0.5, 0.6) is 0 Å². The highest BCUT2D eigenvalue weighted by atomic mass is 16.5. The third kappa shape index (κ3) is 4.09. The average Bonchev–Trinajstić information content (AvgIpc) is 2.69. The zero-order valence-corrected chi connectivity index (χ0v) is 8.38. The predicted octanol–water partition coefficient (Wildman–Crippen LogP) is 1.06. The van der Waals surface area contributed by atoms with Crippen LogP contribution in [0.3, 0.4) is 0 Å². The highest BCUT2D eigenvalue weighted by Gasteiger charge is 1.98. The molecule has 1 aromatic rings. The maximum Gasteiger partial charge on any atom is 0.305 e. The predicted molar refractivity (Wildman–Crippen MR) is 53.7 cm³/mol. The Bertz CT molecular complexity index is 257. The summed E-state index contributed by atoms with van der Waals surface area (Å²) in [7, 11) is 1.41. The van der Waals surface area contributed by atoms with E-state index in [9.17, 15) is 4.79 Å². The summed E-state index contributed by atoms with van der Waals surface area (Å²) in [5.74, 6) is -0.145. The van der Waals surface area contributed by atoms with E-state index in [4.69, 9.17) is 0 Å². The van der Waals surface area contributed by atoms with Crippen molar-refractivity contribution >= 4 is 5.97 Å². The first kappa shape index (κ1) is 10.8. The van der Waals surface area contributed by atoms with Crippen LogP contribution in [0.4, 0.5) is 0 Å². The lowest BCUT2D eigenvalue weighted by Crippen LogP contribution is -2.15. The third-order valence-electron chi connectivity index (χ3n) is 1.95. The summed E-state index contributed by atoms with van der Waals surface area (Å²) in [5.41, 5.74) is 1.23. The monoisotopic (exact) mass is 196 g/mol. The number of nitrogens with one attached hydrogen (secondary N) is 2. The molecule has 0 aliphatic heterocycles. The highest BCUT2D eigenvalue weighted by Crippen LogP contribution is 1.95. The van der Waals surface area contributed by atoms with E-state index in [2.05, 4.69) is 15.0 Å². The molecule has 4 nitrogen and oxygen atoms in total. The molecule has 0 atom stereocenters. The lowest BCUT2D eigenvalue weighted by Gasteiger charge is -2.02. The first-order valence-corrected chi connectivity index (χ1v) is 4.72. The number of esters is 1. The van der Waals surface area contributed by atoms with Gasteiger partial charge in [-0.2, -0.15) is 0 Å². The quantitative estimate of drug-likeness (QED) is 0.528. The first-order valence-electron chi connectivity index (χ1n) is 4.72. The summed E-state index contributed by atoms with van der Waals surface area (Å²) >= 11 is 0. The van der Waals surface area contributed by atoms with Crippen LogP contribution in [0.2, 0.25) is 0 Å². The van der Waals surface area contributed by atoms with Gasteiger partial charge in [-0.15, -0.1) is 0 Å². The van der Waals surface area contributed by atoms with Gasteiger partial charge in [-0.1, -0.05) is 0 Å². The van der Waals surface area contributed by atoms with E-state index in [0.29, 0.717) is 6.42 Å². The summed E-state index contributed by atoms with van der Waals surface area (Å²) < 4.78 is 4.53. The molecule has 0 spiro atoms. The molecule has 0 amide bonds. The van der Waals surface area contributed by atoms with Crippen LogP contribution in [-0.2, 0) is 16.1 Å². The molecule has 1 rings (SSSR count). The van der Waals surface area contributed by atoms with Crippen LogP contribution in [0.25, 0.3) is 0 Å². The minimum Gasteiger partial charge on any atom is -0.469 e. The van der Waals surface area contributed by atoms with Crippen LogP contribution in [-0.4, -0.2) is 24.6 Å². The van der Waals surface area contributed by atoms with Crippen LogP contribution in [0.1, 0.15) is 18.4 Å². The van der Waals surface area contributed by atoms with E-state index in [0.717, 1.165) is 19.5 Å². The van der Waals surface area contributed by atoms with E-state index < -0.39 is 0 Å². The number of carbonyl (C=O) groups excluding carboxylic acids is 1. The Morgan fingerprint density at radius 2 is 2.50 bits per heavy atom. The van der Waals surface area contributed by atoms with Crippen LogP contribution in [0, 0.1) is 0 Å². The Kier molecular flexibility index (Phi) is 4.78. The van der Waals surface area contributed by atoms with Crippen molar-refractivity contribution in [2.75, 3.05) is 13.7 Å². The van der Waals surface area contributed by atoms with Crippen molar-refractivity contribution in [1.29, 1.82) is 0 Å².